The summed E-state index contributed by atoms with van der Waals surface area (Å²) in [6.07, 6.45) is 0.967. The molecule has 158 valence electrons. The highest BCUT2D eigenvalue weighted by atomic mass is 16.6. The van der Waals surface area contributed by atoms with Gasteiger partial charge in [-0.1, -0.05) is 0 Å². The molecule has 2 heterocycles. The number of amides is 2. The summed E-state index contributed by atoms with van der Waals surface area (Å²) in [4.78, 5) is 40.0. The molecule has 0 unspecified atom stereocenters. The molecule has 30 heavy (non-hydrogen) atoms. The zero-order chi connectivity index (χ0) is 21.9. The van der Waals surface area contributed by atoms with Crippen LogP contribution in [0.3, 0.4) is 0 Å². The van der Waals surface area contributed by atoms with Crippen molar-refractivity contribution in [3.8, 4) is 0 Å². The lowest BCUT2D eigenvalue weighted by molar-refractivity contribution is -0.115. The van der Waals surface area contributed by atoms with Crippen LogP contribution in [0.25, 0.3) is 16.6 Å². The number of rotatable bonds is 5. The number of imidazole rings is 1. The van der Waals surface area contributed by atoms with Crippen LogP contribution in [0.5, 0.6) is 0 Å². The van der Waals surface area contributed by atoms with E-state index >= 15 is 0 Å². The molecule has 0 aliphatic carbocycles. The van der Waals surface area contributed by atoms with Crippen molar-refractivity contribution in [2.24, 2.45) is 0 Å². The number of esters is 1. The van der Waals surface area contributed by atoms with Crippen molar-refractivity contribution in [2.75, 3.05) is 18.5 Å². The van der Waals surface area contributed by atoms with Crippen LogP contribution < -0.4 is 10.6 Å². The van der Waals surface area contributed by atoms with Crippen LogP contribution >= 0.6 is 0 Å². The summed E-state index contributed by atoms with van der Waals surface area (Å²) in [6.45, 7) is 7.04. The molecule has 9 nitrogen and oxygen atoms in total. The fraction of sp³-hybridized carbons (Fsp3) is 0.333. The Morgan fingerprint density at radius 1 is 1.13 bits per heavy atom. The third-order valence-electron chi connectivity index (χ3n) is 3.99. The topological polar surface area (TPSA) is 111 Å². The molecule has 0 aliphatic rings. The van der Waals surface area contributed by atoms with Crippen molar-refractivity contribution in [3.63, 3.8) is 0 Å². The first-order valence-corrected chi connectivity index (χ1v) is 9.52. The van der Waals surface area contributed by atoms with E-state index in [1.807, 2.05) is 12.1 Å². The average Bonchev–Trinajstić information content (AvgIpc) is 3.10. The van der Waals surface area contributed by atoms with Gasteiger partial charge in [0.1, 0.15) is 17.8 Å². The first-order valence-electron chi connectivity index (χ1n) is 9.52. The summed E-state index contributed by atoms with van der Waals surface area (Å²) in [5, 5.41) is 5.99. The Hall–Kier alpha value is -3.62. The Morgan fingerprint density at radius 2 is 1.90 bits per heavy atom. The fourth-order valence-electron chi connectivity index (χ4n) is 2.83. The minimum absolute atomic E-state index is 0.212. The van der Waals surface area contributed by atoms with E-state index in [1.165, 1.54) is 0 Å². The molecule has 0 radical (unpaired) electrons. The highest BCUT2D eigenvalue weighted by Crippen LogP contribution is 2.22. The number of nitrogens with one attached hydrogen (secondary N) is 2. The van der Waals surface area contributed by atoms with Crippen LogP contribution in [0.2, 0.25) is 0 Å². The van der Waals surface area contributed by atoms with Gasteiger partial charge in [0.05, 0.1) is 12.1 Å². The maximum absolute atomic E-state index is 12.1. The molecule has 3 rings (SSSR count). The molecule has 0 atom stereocenters. The lowest BCUT2D eigenvalue weighted by Crippen LogP contribution is -2.37. The van der Waals surface area contributed by atoms with Crippen molar-refractivity contribution in [1.82, 2.24) is 14.7 Å². The number of aromatic nitrogens is 2. The van der Waals surface area contributed by atoms with Gasteiger partial charge in [-0.3, -0.25) is 9.20 Å². The minimum atomic E-state index is -0.656. The second kappa shape index (κ2) is 8.40. The Balaban J connectivity index is 1.72. The standard InChI is InChI=1S/C21H24N4O5/c1-5-29-19(27)15-12-25-16-8-7-14(10-13(16)6-9-17(25)24-15)23-18(26)11-22-20(28)30-21(2,3)4/h6-10,12H,5,11H2,1-4H3,(H,22,28)(H,23,26). The van der Waals surface area contributed by atoms with E-state index < -0.39 is 17.7 Å². The van der Waals surface area contributed by atoms with E-state index in [2.05, 4.69) is 15.6 Å². The first-order chi connectivity index (χ1) is 14.2. The Bertz CT molecular complexity index is 1110. The van der Waals surface area contributed by atoms with Crippen LogP contribution in [-0.4, -0.2) is 46.1 Å². The zero-order valence-corrected chi connectivity index (χ0v) is 17.3. The predicted molar refractivity (Wildman–Crippen MR) is 112 cm³/mol. The van der Waals surface area contributed by atoms with Gasteiger partial charge in [-0.25, -0.2) is 14.6 Å². The monoisotopic (exact) mass is 412 g/mol. The van der Waals surface area contributed by atoms with Crippen molar-refractivity contribution < 1.29 is 23.9 Å². The van der Waals surface area contributed by atoms with E-state index in [9.17, 15) is 14.4 Å². The van der Waals surface area contributed by atoms with Crippen LogP contribution in [0.1, 0.15) is 38.2 Å². The summed E-state index contributed by atoms with van der Waals surface area (Å²) >= 11 is 0. The van der Waals surface area contributed by atoms with Crippen molar-refractivity contribution >= 4 is 40.2 Å². The number of ether oxygens (including phenoxy) is 2. The number of pyridine rings is 1. The molecule has 2 N–H and O–H groups in total. The molecule has 9 heteroatoms. The van der Waals surface area contributed by atoms with E-state index in [-0.39, 0.29) is 24.8 Å². The van der Waals surface area contributed by atoms with Gasteiger partial charge in [-0.15, -0.1) is 0 Å². The van der Waals surface area contributed by atoms with Crippen LogP contribution in [0.15, 0.2) is 36.5 Å². The summed E-state index contributed by atoms with van der Waals surface area (Å²) < 4.78 is 11.9. The maximum Gasteiger partial charge on any atom is 0.408 e. The number of nitrogens with zero attached hydrogens (tertiary/aromatic N) is 2. The number of benzene rings is 1. The van der Waals surface area contributed by atoms with Gasteiger partial charge in [0.25, 0.3) is 0 Å². The predicted octanol–water partition coefficient (Wildman–Crippen LogP) is 3.13. The van der Waals surface area contributed by atoms with Gasteiger partial charge >= 0.3 is 12.1 Å². The third kappa shape index (κ3) is 5.05. The van der Waals surface area contributed by atoms with Gasteiger partial charge < -0.3 is 20.1 Å². The summed E-state index contributed by atoms with van der Waals surface area (Å²) in [7, 11) is 0. The van der Waals surface area contributed by atoms with E-state index in [1.54, 1.807) is 56.5 Å². The molecule has 0 bridgehead atoms. The van der Waals surface area contributed by atoms with E-state index in [0.717, 1.165) is 10.9 Å². The number of carbonyl (C=O) groups excluding carboxylic acids is 3. The molecule has 2 amide bonds. The molecule has 0 aliphatic heterocycles. The number of carbonyl (C=O) groups is 3. The molecule has 0 saturated heterocycles. The van der Waals surface area contributed by atoms with Crippen LogP contribution in [-0.2, 0) is 14.3 Å². The Kier molecular flexibility index (Phi) is 5.91. The Morgan fingerprint density at radius 3 is 2.60 bits per heavy atom. The molecule has 0 fully saturated rings. The van der Waals surface area contributed by atoms with E-state index in [4.69, 9.17) is 9.47 Å². The second-order valence-electron chi connectivity index (χ2n) is 7.59. The molecule has 3 aromatic rings. The number of alkyl carbamates (subject to hydrolysis) is 1. The highest BCUT2D eigenvalue weighted by Gasteiger charge is 2.17. The highest BCUT2D eigenvalue weighted by molar-refractivity contribution is 5.96. The van der Waals surface area contributed by atoms with Gasteiger partial charge in [0.15, 0.2) is 5.69 Å². The molecule has 2 aromatic heterocycles. The average molecular weight is 412 g/mol. The first kappa shape index (κ1) is 21.1. The molecular formula is C21H24N4O5. The largest absolute Gasteiger partial charge is 0.461 e. The smallest absolute Gasteiger partial charge is 0.408 e. The molecule has 1 aromatic carbocycles. The van der Waals surface area contributed by atoms with Gasteiger partial charge in [-0.2, -0.15) is 0 Å². The van der Waals surface area contributed by atoms with Crippen LogP contribution in [0.4, 0.5) is 10.5 Å². The van der Waals surface area contributed by atoms with Crippen molar-refractivity contribution in [3.05, 3.63) is 42.2 Å². The number of hydrogen-bond acceptors (Lipinski definition) is 6. The van der Waals surface area contributed by atoms with E-state index in [0.29, 0.717) is 11.3 Å². The maximum atomic E-state index is 12.1. The number of anilines is 1. The van der Waals surface area contributed by atoms with Gasteiger partial charge in [-0.05, 0) is 58.0 Å². The van der Waals surface area contributed by atoms with Gasteiger partial charge in [0, 0.05) is 17.3 Å². The lowest BCUT2D eigenvalue weighted by Gasteiger charge is -2.19. The fourth-order valence-corrected chi connectivity index (χ4v) is 2.83. The summed E-state index contributed by atoms with van der Waals surface area (Å²) in [5.41, 5.74) is 1.60. The van der Waals surface area contributed by atoms with Crippen LogP contribution in [0, 0.1) is 0 Å². The summed E-state index contributed by atoms with van der Waals surface area (Å²) in [5.74, 6) is -0.857. The number of fused-ring (bicyclic) bond motifs is 3. The lowest BCUT2D eigenvalue weighted by atomic mass is 10.2. The van der Waals surface area contributed by atoms with Gasteiger partial charge in [0.2, 0.25) is 5.91 Å². The molecular weight excluding hydrogens is 388 g/mol. The molecule has 0 saturated carbocycles. The Labute approximate surface area is 173 Å². The minimum Gasteiger partial charge on any atom is -0.461 e. The van der Waals surface area contributed by atoms with Crippen molar-refractivity contribution in [1.29, 1.82) is 0 Å². The quantitative estimate of drug-likeness (QED) is 0.623. The number of hydrogen-bond donors (Lipinski definition) is 2. The molecule has 0 spiro atoms. The third-order valence-corrected chi connectivity index (χ3v) is 3.99. The zero-order valence-electron chi connectivity index (χ0n) is 17.3. The normalized spacial score (nSPS) is 11.3. The SMILES string of the molecule is CCOC(=O)c1cn2c(ccc3cc(NC(=O)CNC(=O)OC(C)(C)C)ccc32)n1. The van der Waals surface area contributed by atoms with Crippen molar-refractivity contribution in [2.45, 2.75) is 33.3 Å². The summed E-state index contributed by atoms with van der Waals surface area (Å²) in [6, 6.07) is 8.97. The second-order valence-corrected chi connectivity index (χ2v) is 7.59.